The number of esters is 1. The van der Waals surface area contributed by atoms with E-state index in [0.29, 0.717) is 55.7 Å². The molecular weight excluding hydrogens is 719 g/mol. The van der Waals surface area contributed by atoms with E-state index in [4.69, 9.17) is 9.47 Å². The van der Waals surface area contributed by atoms with Crippen molar-refractivity contribution in [3.63, 3.8) is 0 Å². The van der Waals surface area contributed by atoms with Crippen molar-refractivity contribution in [1.82, 2.24) is 20.1 Å². The first kappa shape index (κ1) is 39.9. The van der Waals surface area contributed by atoms with Gasteiger partial charge in [-0.05, 0) is 49.6 Å². The summed E-state index contributed by atoms with van der Waals surface area (Å²) in [7, 11) is 0. The summed E-state index contributed by atoms with van der Waals surface area (Å²) in [6.07, 6.45) is 3.39. The molecule has 3 aromatic rings. The first-order chi connectivity index (χ1) is 26.4. The summed E-state index contributed by atoms with van der Waals surface area (Å²) < 4.78 is 27.2. The number of nitrogens with one attached hydrogen (secondary N) is 3. The van der Waals surface area contributed by atoms with Gasteiger partial charge < -0.3 is 44.9 Å². The third-order valence-corrected chi connectivity index (χ3v) is 9.66. The van der Waals surface area contributed by atoms with Crippen LogP contribution in [0.3, 0.4) is 0 Å². The maximum atomic E-state index is 15.2. The van der Waals surface area contributed by atoms with Crippen LogP contribution in [-0.2, 0) is 41.8 Å². The zero-order chi connectivity index (χ0) is 39.7. The monoisotopic (exact) mass is 762 g/mol. The number of piperazine rings is 1. The van der Waals surface area contributed by atoms with Gasteiger partial charge in [-0.2, -0.15) is 0 Å². The Bertz CT molecular complexity index is 2040. The first-order valence-corrected chi connectivity index (χ1v) is 17.9. The lowest BCUT2D eigenvalue weighted by atomic mass is 9.67. The number of carbonyl (C=O) groups excluding carboxylic acids is 5. The van der Waals surface area contributed by atoms with Gasteiger partial charge in [-0.1, -0.05) is 31.2 Å². The molecule has 0 atom stereocenters. The number of fused-ring (bicyclic) bond motifs is 1. The van der Waals surface area contributed by atoms with Gasteiger partial charge in [0.2, 0.25) is 23.2 Å². The van der Waals surface area contributed by atoms with E-state index in [1.54, 1.807) is 40.7 Å². The number of anilines is 2. The van der Waals surface area contributed by atoms with Crippen LogP contribution in [0.1, 0.15) is 48.5 Å². The molecule has 16 nitrogen and oxygen atoms in total. The molecule has 0 radical (unpaired) electrons. The average Bonchev–Trinajstić information content (AvgIpc) is 3.15. The molecule has 2 aromatic carbocycles. The van der Waals surface area contributed by atoms with Crippen molar-refractivity contribution < 1.29 is 47.7 Å². The second-order valence-corrected chi connectivity index (χ2v) is 13.2. The number of aromatic nitrogens is 1. The summed E-state index contributed by atoms with van der Waals surface area (Å²) in [5, 5.41) is 17.2. The Kier molecular flexibility index (Phi) is 12.9. The second-order valence-electron chi connectivity index (χ2n) is 13.2. The number of pyridine rings is 1. The van der Waals surface area contributed by atoms with E-state index in [0.717, 1.165) is 6.07 Å². The largest absolute Gasteiger partial charge is 0.477 e. The Hall–Kier alpha value is -6.26. The molecule has 0 bridgehead atoms. The zero-order valence-electron chi connectivity index (χ0n) is 30.4. The molecule has 5 rings (SSSR count). The minimum absolute atomic E-state index is 0.0125. The smallest absolute Gasteiger partial charge is 0.410 e. The van der Waals surface area contributed by atoms with E-state index in [-0.39, 0.29) is 56.9 Å². The van der Waals surface area contributed by atoms with E-state index in [9.17, 15) is 38.7 Å². The summed E-state index contributed by atoms with van der Waals surface area (Å²) >= 11 is 0. The van der Waals surface area contributed by atoms with E-state index in [1.807, 2.05) is 0 Å². The van der Waals surface area contributed by atoms with Gasteiger partial charge in [0.05, 0.1) is 24.2 Å². The van der Waals surface area contributed by atoms with Gasteiger partial charge in [0.15, 0.2) is 0 Å². The maximum Gasteiger partial charge on any atom is 0.410 e. The number of rotatable bonds is 15. The van der Waals surface area contributed by atoms with Crippen molar-refractivity contribution in [3.8, 4) is 0 Å². The third-order valence-electron chi connectivity index (χ3n) is 9.66. The fourth-order valence-corrected chi connectivity index (χ4v) is 6.40. The molecule has 1 aromatic heterocycles. The number of aromatic carboxylic acids is 1. The fraction of sp³-hybridized carbons (Fsp3) is 0.395. The highest BCUT2D eigenvalue weighted by Gasteiger charge is 2.50. The molecule has 2 fully saturated rings. The molecule has 1 saturated carbocycles. The van der Waals surface area contributed by atoms with Crippen LogP contribution in [0.4, 0.5) is 20.6 Å². The van der Waals surface area contributed by atoms with Crippen LogP contribution in [0.5, 0.6) is 0 Å². The van der Waals surface area contributed by atoms with Gasteiger partial charge in [-0.3, -0.25) is 24.0 Å². The highest BCUT2D eigenvalue weighted by atomic mass is 19.1. The number of aryl methyl sites for hydroxylation is 1. The number of benzene rings is 2. The van der Waals surface area contributed by atoms with Gasteiger partial charge in [0.1, 0.15) is 30.0 Å². The lowest BCUT2D eigenvalue weighted by Gasteiger charge is -2.38. The zero-order valence-corrected chi connectivity index (χ0v) is 30.4. The lowest BCUT2D eigenvalue weighted by molar-refractivity contribution is -0.150. The lowest BCUT2D eigenvalue weighted by Crippen LogP contribution is -2.56. The molecule has 4 amide bonds. The van der Waals surface area contributed by atoms with Crippen molar-refractivity contribution >= 4 is 58.0 Å². The Labute approximate surface area is 315 Å². The number of hydrogen-bond donors (Lipinski definition) is 4. The molecule has 1 aliphatic carbocycles. The van der Waals surface area contributed by atoms with Gasteiger partial charge in [-0.25, -0.2) is 14.0 Å². The standard InChI is InChI=1S/C38H43FN6O10/c1-3-18-54-32(47)10-13-40-35(51)38(11-5-12-38)36(52)41-21-31(46)42-25-8-6-24(7-9-25)23-55-37(53)45-16-14-44(15-17-45)30-20-29-26(19-28(30)39)33(48)27(34(49)50)22-43(29)4-2/h3,6-9,19-20,22H,1,4-5,10-18,21,23H2,2H3,(H,40,51)(H,41,52)(H,42,46)(H,49,50). The number of amides is 4. The van der Waals surface area contributed by atoms with Crippen molar-refractivity contribution in [2.75, 3.05) is 56.1 Å². The highest BCUT2D eigenvalue weighted by Crippen LogP contribution is 2.41. The van der Waals surface area contributed by atoms with Crippen LogP contribution < -0.4 is 26.3 Å². The molecule has 1 aliphatic heterocycles. The summed E-state index contributed by atoms with van der Waals surface area (Å²) in [5.74, 6) is -4.14. The van der Waals surface area contributed by atoms with Gasteiger partial charge >= 0.3 is 18.0 Å². The van der Waals surface area contributed by atoms with Crippen molar-refractivity contribution in [2.24, 2.45) is 5.41 Å². The number of ether oxygens (including phenoxy) is 2. The molecule has 55 heavy (non-hydrogen) atoms. The van der Waals surface area contributed by atoms with Crippen LogP contribution in [0, 0.1) is 11.2 Å². The Morgan fingerprint density at radius 3 is 2.29 bits per heavy atom. The Morgan fingerprint density at radius 1 is 0.982 bits per heavy atom. The van der Waals surface area contributed by atoms with Crippen molar-refractivity contribution in [2.45, 2.75) is 45.8 Å². The van der Waals surface area contributed by atoms with Gasteiger partial charge in [0, 0.05) is 56.5 Å². The molecule has 17 heteroatoms. The summed E-state index contributed by atoms with van der Waals surface area (Å²) in [5.41, 5.74) is -0.761. The number of carboxylic acid groups (broad SMARTS) is 1. The highest BCUT2D eigenvalue weighted by molar-refractivity contribution is 6.07. The van der Waals surface area contributed by atoms with Crippen LogP contribution in [0.2, 0.25) is 0 Å². The first-order valence-electron chi connectivity index (χ1n) is 17.9. The van der Waals surface area contributed by atoms with Crippen LogP contribution in [0.15, 0.2) is 60.0 Å². The molecule has 292 valence electrons. The minimum Gasteiger partial charge on any atom is -0.477 e. The van der Waals surface area contributed by atoms with Crippen LogP contribution in [0.25, 0.3) is 10.9 Å². The van der Waals surface area contributed by atoms with Crippen LogP contribution in [-0.4, -0.2) is 96.2 Å². The molecular formula is C38H43FN6O10. The van der Waals surface area contributed by atoms with Crippen molar-refractivity contribution in [1.29, 1.82) is 0 Å². The number of hydrogen-bond acceptors (Lipinski definition) is 10. The topological polar surface area (TPSA) is 206 Å². The SMILES string of the molecule is C=CCOC(=O)CCNC(=O)C1(C(=O)NCC(=O)Nc2ccc(COC(=O)N3CCN(c4cc5c(cc4F)c(=O)c(C(=O)O)cn5CC)CC3)cc2)CCC1. The maximum absolute atomic E-state index is 15.2. The normalized spacial score (nSPS) is 14.7. The fourth-order valence-electron chi connectivity index (χ4n) is 6.40. The summed E-state index contributed by atoms with van der Waals surface area (Å²) in [6.45, 7) is 6.35. The average molecular weight is 763 g/mol. The third kappa shape index (κ3) is 9.28. The van der Waals surface area contributed by atoms with E-state index in [2.05, 4.69) is 22.5 Å². The summed E-state index contributed by atoms with van der Waals surface area (Å²) in [4.78, 5) is 90.2. The number of halogens is 1. The molecule has 4 N–H and O–H groups in total. The van der Waals surface area contributed by atoms with Gasteiger partial charge in [-0.15, -0.1) is 0 Å². The van der Waals surface area contributed by atoms with Crippen molar-refractivity contribution in [3.05, 3.63) is 82.4 Å². The molecule has 1 saturated heterocycles. The van der Waals surface area contributed by atoms with E-state index < -0.39 is 58.0 Å². The minimum atomic E-state index is -1.38. The number of carboxylic acids is 1. The second kappa shape index (κ2) is 17.7. The summed E-state index contributed by atoms with van der Waals surface area (Å²) in [6, 6.07) is 9.14. The molecule has 0 spiro atoms. The predicted octanol–water partition coefficient (Wildman–Crippen LogP) is 2.78. The van der Waals surface area contributed by atoms with Crippen LogP contribution >= 0.6 is 0 Å². The Balaban J connectivity index is 1.05. The Morgan fingerprint density at radius 2 is 1.67 bits per heavy atom. The number of carbonyl (C=O) groups is 6. The molecule has 0 unspecified atom stereocenters. The quantitative estimate of drug-likeness (QED) is 0.101. The van der Waals surface area contributed by atoms with E-state index >= 15 is 4.39 Å². The molecule has 2 heterocycles. The van der Waals surface area contributed by atoms with E-state index in [1.165, 1.54) is 23.2 Å². The predicted molar refractivity (Wildman–Crippen MR) is 198 cm³/mol. The number of nitrogens with zero attached hydrogens (tertiary/aromatic N) is 3. The molecule has 2 aliphatic rings. The van der Waals surface area contributed by atoms with Gasteiger partial charge in [0.25, 0.3) is 0 Å².